The van der Waals surface area contributed by atoms with Crippen LogP contribution in [-0.4, -0.2) is 39.0 Å². The summed E-state index contributed by atoms with van der Waals surface area (Å²) < 4.78 is 59.1. The van der Waals surface area contributed by atoms with Crippen molar-refractivity contribution in [2.75, 3.05) is 0 Å². The molecule has 0 bridgehead atoms. The minimum absolute atomic E-state index is 0.113. The number of aromatic nitrogens is 8. The van der Waals surface area contributed by atoms with E-state index in [0.717, 1.165) is 72.1 Å². The minimum Gasteiger partial charge on any atom is -0.327 e. The van der Waals surface area contributed by atoms with Crippen molar-refractivity contribution in [2.45, 2.75) is 50.6 Å². The summed E-state index contributed by atoms with van der Waals surface area (Å²) in [6.07, 6.45) is 7.90. The van der Waals surface area contributed by atoms with Gasteiger partial charge in [0.1, 0.15) is 22.9 Å². The van der Waals surface area contributed by atoms with Crippen molar-refractivity contribution in [1.29, 1.82) is 0 Å². The highest BCUT2D eigenvalue weighted by Crippen LogP contribution is 2.41. The van der Waals surface area contributed by atoms with Crippen LogP contribution in [-0.2, 0) is 13.1 Å². The van der Waals surface area contributed by atoms with Gasteiger partial charge in [-0.1, -0.05) is 0 Å². The van der Waals surface area contributed by atoms with Gasteiger partial charge in [0, 0.05) is 53.7 Å². The average molecular weight is 705 g/mol. The molecule has 0 atom stereocenters. The number of fused-ring (bicyclic) bond motifs is 4. The molecule has 10 rings (SSSR count). The third-order valence-electron chi connectivity index (χ3n) is 9.55. The second-order valence-electron chi connectivity index (χ2n) is 13.3. The highest BCUT2D eigenvalue weighted by molar-refractivity contribution is 5.83. The molecule has 260 valence electrons. The van der Waals surface area contributed by atoms with E-state index in [2.05, 4.69) is 29.9 Å². The van der Waals surface area contributed by atoms with Crippen LogP contribution in [0.1, 0.15) is 60.3 Å². The molecule has 2 saturated carbocycles. The predicted octanol–water partition coefficient (Wildman–Crippen LogP) is 6.91. The Morgan fingerprint density at radius 1 is 0.712 bits per heavy atom. The fourth-order valence-corrected chi connectivity index (χ4v) is 6.72. The molecule has 0 spiro atoms. The third-order valence-corrected chi connectivity index (χ3v) is 9.55. The lowest BCUT2D eigenvalue weighted by Crippen LogP contribution is -2.12. The number of nitrogens with one attached hydrogen (secondary N) is 2. The number of nitrogens with zero attached hydrogens (tertiary/aromatic N) is 6. The average Bonchev–Trinajstić information content (AvgIpc) is 4.08. The summed E-state index contributed by atoms with van der Waals surface area (Å²) >= 11 is 0. The van der Waals surface area contributed by atoms with E-state index in [-0.39, 0.29) is 11.0 Å². The zero-order chi connectivity index (χ0) is 35.7. The van der Waals surface area contributed by atoms with Gasteiger partial charge in [0.05, 0.1) is 17.6 Å². The SMILES string of the molecule is O=c1cc(Cn2c(C3CC3)nc3cccnc32)c2ccc(F)c(F)c2[nH]1.O=c1cc(Cn2cccc3nc(C4CC4)nc2-3)c2ccc(F)c(F)c2[nH]1. The van der Waals surface area contributed by atoms with E-state index in [1.165, 1.54) is 24.3 Å². The van der Waals surface area contributed by atoms with Crippen LogP contribution in [0.15, 0.2) is 82.6 Å². The summed E-state index contributed by atoms with van der Waals surface area (Å²) in [5, 5.41) is 0.943. The molecular weight excluding hydrogens is 676 g/mol. The Morgan fingerprint density at radius 3 is 1.98 bits per heavy atom. The van der Waals surface area contributed by atoms with Crippen LogP contribution in [0.4, 0.5) is 17.6 Å². The van der Waals surface area contributed by atoms with E-state index in [1.54, 1.807) is 6.20 Å². The molecule has 52 heavy (non-hydrogen) atoms. The van der Waals surface area contributed by atoms with Gasteiger partial charge in [-0.2, -0.15) is 0 Å². The smallest absolute Gasteiger partial charge is 0.248 e. The van der Waals surface area contributed by atoms with E-state index in [4.69, 9.17) is 0 Å². The summed E-state index contributed by atoms with van der Waals surface area (Å²) in [5.41, 5.74) is 2.34. The first-order valence-corrected chi connectivity index (χ1v) is 16.9. The molecule has 2 N–H and O–H groups in total. The molecule has 2 aromatic carbocycles. The number of H-pyrrole nitrogens is 2. The molecule has 0 unspecified atom stereocenters. The number of pyridine rings is 4. The summed E-state index contributed by atoms with van der Waals surface area (Å²) in [4.78, 5) is 47.0. The summed E-state index contributed by atoms with van der Waals surface area (Å²) in [7, 11) is 0. The monoisotopic (exact) mass is 704 g/mol. The molecule has 0 amide bonds. The van der Waals surface area contributed by atoms with Gasteiger partial charge in [-0.25, -0.2) is 37.5 Å². The van der Waals surface area contributed by atoms with E-state index in [0.29, 0.717) is 46.8 Å². The maximum Gasteiger partial charge on any atom is 0.248 e. The predicted molar refractivity (Wildman–Crippen MR) is 185 cm³/mol. The van der Waals surface area contributed by atoms with Crippen LogP contribution in [0.25, 0.3) is 44.5 Å². The van der Waals surface area contributed by atoms with Crippen LogP contribution in [0.3, 0.4) is 0 Å². The molecule has 0 saturated heterocycles. The number of rotatable bonds is 6. The Hall–Kier alpha value is -6.18. The molecule has 14 heteroatoms. The lowest BCUT2D eigenvalue weighted by molar-refractivity contribution is 0.515. The van der Waals surface area contributed by atoms with Gasteiger partial charge in [0.15, 0.2) is 34.7 Å². The van der Waals surface area contributed by atoms with Crippen LogP contribution in [0, 0.1) is 23.3 Å². The van der Waals surface area contributed by atoms with Crippen LogP contribution in [0.2, 0.25) is 0 Å². The van der Waals surface area contributed by atoms with Gasteiger partial charge in [0.25, 0.3) is 0 Å². The van der Waals surface area contributed by atoms with Crippen molar-refractivity contribution >= 4 is 33.0 Å². The highest BCUT2D eigenvalue weighted by Gasteiger charge is 2.31. The van der Waals surface area contributed by atoms with Gasteiger partial charge in [0.2, 0.25) is 11.1 Å². The Bertz CT molecular complexity index is 2780. The molecular formula is C38H28F4N8O2. The Labute approximate surface area is 291 Å². The summed E-state index contributed by atoms with van der Waals surface area (Å²) in [5.74, 6) is -0.745. The van der Waals surface area contributed by atoms with Crippen molar-refractivity contribution < 1.29 is 17.6 Å². The van der Waals surface area contributed by atoms with Gasteiger partial charge in [-0.3, -0.25) is 9.59 Å². The fourth-order valence-electron chi connectivity index (χ4n) is 6.72. The number of hydrogen-bond acceptors (Lipinski definition) is 6. The van der Waals surface area contributed by atoms with E-state index >= 15 is 0 Å². The van der Waals surface area contributed by atoms with Gasteiger partial charge in [-0.15, -0.1) is 0 Å². The van der Waals surface area contributed by atoms with E-state index < -0.39 is 34.4 Å². The zero-order valence-corrected chi connectivity index (χ0v) is 27.3. The normalized spacial score (nSPS) is 14.4. The number of imidazole rings is 2. The van der Waals surface area contributed by atoms with Crippen LogP contribution < -0.4 is 11.1 Å². The van der Waals surface area contributed by atoms with Crippen molar-refractivity contribution in [3.8, 4) is 11.5 Å². The fraction of sp³-hybridized carbons (Fsp3) is 0.211. The third kappa shape index (κ3) is 5.69. The second-order valence-corrected chi connectivity index (χ2v) is 13.3. The Balaban J connectivity index is 0.000000138. The van der Waals surface area contributed by atoms with Crippen molar-refractivity contribution in [1.82, 2.24) is 39.0 Å². The lowest BCUT2D eigenvalue weighted by Gasteiger charge is -2.12. The summed E-state index contributed by atoms with van der Waals surface area (Å²) in [6, 6.07) is 15.4. The molecule has 0 radical (unpaired) electrons. The number of halogens is 4. The first-order valence-electron chi connectivity index (χ1n) is 16.9. The number of aromatic amines is 2. The van der Waals surface area contributed by atoms with Crippen LogP contribution in [0.5, 0.6) is 0 Å². The Morgan fingerprint density at radius 2 is 1.35 bits per heavy atom. The Kier molecular flexibility index (Phi) is 7.49. The number of benzene rings is 2. The van der Waals surface area contributed by atoms with E-state index in [1.807, 2.05) is 39.6 Å². The van der Waals surface area contributed by atoms with Crippen molar-refractivity contribution in [3.63, 3.8) is 0 Å². The molecule has 2 aliphatic carbocycles. The molecule has 4 aliphatic rings. The first-order chi connectivity index (χ1) is 25.2. The molecule has 4 aromatic heterocycles. The van der Waals surface area contributed by atoms with Crippen molar-refractivity contribution in [3.05, 3.63) is 140 Å². The largest absolute Gasteiger partial charge is 0.327 e. The maximum absolute atomic E-state index is 14.1. The zero-order valence-electron chi connectivity index (χ0n) is 27.3. The van der Waals surface area contributed by atoms with Crippen molar-refractivity contribution in [2.24, 2.45) is 0 Å². The molecule has 6 heterocycles. The minimum atomic E-state index is -1.05. The standard InChI is InChI=1S/2C19H14F2N4O/c20-13-6-5-12-11(8-15(26)23-17(12)16(13)21)9-25-7-1-2-14-19(25)24-18(22-14)10-3-4-10;20-13-6-5-12-11(8-15(26)24-17(12)16(13)21)9-25-18(10-3-4-10)23-14-2-1-7-22-19(14)25/h1-2,5-8,10H,3-4,9H2,(H,23,26);1-2,5-8,10H,3-4,9H2,(H,24,26). The lowest BCUT2D eigenvalue weighted by atomic mass is 10.1. The molecule has 6 aromatic rings. The molecule has 2 aliphatic heterocycles. The highest BCUT2D eigenvalue weighted by atomic mass is 19.2. The van der Waals surface area contributed by atoms with Gasteiger partial charge < -0.3 is 19.1 Å². The maximum atomic E-state index is 14.1. The van der Waals surface area contributed by atoms with E-state index in [9.17, 15) is 27.2 Å². The molecule has 2 fully saturated rings. The first kappa shape index (κ1) is 31.8. The van der Waals surface area contributed by atoms with Crippen LogP contribution >= 0.6 is 0 Å². The molecule has 10 nitrogen and oxygen atoms in total. The topological polar surface area (TPSA) is 127 Å². The number of hydrogen-bond donors (Lipinski definition) is 2. The van der Waals surface area contributed by atoms with Gasteiger partial charge in [-0.05, 0) is 85.3 Å². The van der Waals surface area contributed by atoms with Gasteiger partial charge >= 0.3 is 0 Å². The quantitative estimate of drug-likeness (QED) is 0.181. The summed E-state index contributed by atoms with van der Waals surface area (Å²) in [6.45, 7) is 0.635. The second kappa shape index (κ2) is 12.2.